The molecule has 0 saturated carbocycles. The average molecular weight is 290 g/mol. The summed E-state index contributed by atoms with van der Waals surface area (Å²) < 4.78 is 0. The number of carbonyl (C=O) groups is 2. The molecule has 1 aromatic carbocycles. The third-order valence-electron chi connectivity index (χ3n) is 3.82. The van der Waals surface area contributed by atoms with Crippen molar-refractivity contribution in [1.29, 1.82) is 0 Å². The largest absolute Gasteiger partial charge is 0.481 e. The summed E-state index contributed by atoms with van der Waals surface area (Å²) in [7, 11) is 0. The molecule has 0 saturated heterocycles. The molecule has 1 unspecified atom stereocenters. The number of nitrogens with zero attached hydrogens (tertiary/aromatic N) is 1. The van der Waals surface area contributed by atoms with Gasteiger partial charge in [0.05, 0.1) is 0 Å². The van der Waals surface area contributed by atoms with Gasteiger partial charge in [-0.2, -0.15) is 0 Å². The van der Waals surface area contributed by atoms with Gasteiger partial charge in [0.1, 0.15) is 5.92 Å². The predicted molar refractivity (Wildman–Crippen MR) is 81.7 cm³/mol. The zero-order valence-electron chi connectivity index (χ0n) is 12.3. The average Bonchev–Trinajstić information content (AvgIpc) is 2.87. The van der Waals surface area contributed by atoms with Gasteiger partial charge >= 0.3 is 12.0 Å². The van der Waals surface area contributed by atoms with E-state index in [9.17, 15) is 14.7 Å². The fraction of sp³-hybridized carbons (Fsp3) is 0.500. The Balaban J connectivity index is 1.98. The molecule has 0 fully saturated rings. The van der Waals surface area contributed by atoms with E-state index in [-0.39, 0.29) is 12.6 Å². The van der Waals surface area contributed by atoms with Gasteiger partial charge in [-0.3, -0.25) is 9.69 Å². The van der Waals surface area contributed by atoms with E-state index in [1.807, 2.05) is 6.07 Å². The number of rotatable bonds is 6. The molecule has 5 heteroatoms. The first-order chi connectivity index (χ1) is 10.1. The highest BCUT2D eigenvalue weighted by molar-refractivity contribution is 5.97. The lowest BCUT2D eigenvalue weighted by Crippen LogP contribution is -2.40. The van der Waals surface area contributed by atoms with Gasteiger partial charge in [0.25, 0.3) is 0 Å². The fourth-order valence-electron chi connectivity index (χ4n) is 2.65. The number of carboxylic acid groups (broad SMARTS) is 1. The fourth-order valence-corrected chi connectivity index (χ4v) is 2.65. The van der Waals surface area contributed by atoms with Crippen LogP contribution in [0.25, 0.3) is 0 Å². The SMILES string of the molecule is CCCCCCNC(=O)N1CC(C(=O)O)c2ccccc21. The molecule has 1 aliphatic heterocycles. The molecule has 1 atom stereocenters. The number of benzene rings is 1. The van der Waals surface area contributed by atoms with Crippen LogP contribution >= 0.6 is 0 Å². The molecule has 0 radical (unpaired) electrons. The van der Waals surface area contributed by atoms with Gasteiger partial charge in [0, 0.05) is 18.8 Å². The summed E-state index contributed by atoms with van der Waals surface area (Å²) in [6.45, 7) is 2.98. The maximum Gasteiger partial charge on any atom is 0.321 e. The number of amides is 2. The first-order valence-electron chi connectivity index (χ1n) is 7.52. The monoisotopic (exact) mass is 290 g/mol. The van der Waals surface area contributed by atoms with Crippen LogP contribution in [0.4, 0.5) is 10.5 Å². The lowest BCUT2D eigenvalue weighted by molar-refractivity contribution is -0.138. The van der Waals surface area contributed by atoms with Gasteiger partial charge < -0.3 is 10.4 Å². The molecule has 2 N–H and O–H groups in total. The zero-order chi connectivity index (χ0) is 15.2. The van der Waals surface area contributed by atoms with Crippen molar-refractivity contribution in [3.05, 3.63) is 29.8 Å². The number of nitrogens with one attached hydrogen (secondary N) is 1. The number of fused-ring (bicyclic) bond motifs is 1. The van der Waals surface area contributed by atoms with Gasteiger partial charge in [-0.1, -0.05) is 44.4 Å². The molecule has 0 bridgehead atoms. The molecule has 0 aliphatic carbocycles. The summed E-state index contributed by atoms with van der Waals surface area (Å²) in [5.41, 5.74) is 1.42. The van der Waals surface area contributed by atoms with Crippen molar-refractivity contribution >= 4 is 17.7 Å². The van der Waals surface area contributed by atoms with Crippen molar-refractivity contribution in [2.45, 2.75) is 38.5 Å². The van der Waals surface area contributed by atoms with E-state index in [0.717, 1.165) is 19.3 Å². The van der Waals surface area contributed by atoms with Crippen LogP contribution in [-0.2, 0) is 4.79 Å². The van der Waals surface area contributed by atoms with Crippen LogP contribution in [0.1, 0.15) is 44.1 Å². The molecule has 21 heavy (non-hydrogen) atoms. The van der Waals surface area contributed by atoms with Crippen molar-refractivity contribution in [1.82, 2.24) is 5.32 Å². The number of hydrogen-bond acceptors (Lipinski definition) is 2. The molecule has 1 aliphatic rings. The number of carbonyl (C=O) groups excluding carboxylic acids is 1. The number of unbranched alkanes of at least 4 members (excludes halogenated alkanes) is 3. The molecule has 0 aromatic heterocycles. The third kappa shape index (κ3) is 3.54. The van der Waals surface area contributed by atoms with Crippen LogP contribution in [0.5, 0.6) is 0 Å². The van der Waals surface area contributed by atoms with Crippen LogP contribution in [0.2, 0.25) is 0 Å². The zero-order valence-corrected chi connectivity index (χ0v) is 12.3. The number of aliphatic carboxylic acids is 1. The molecule has 2 rings (SSSR count). The highest BCUT2D eigenvalue weighted by Crippen LogP contribution is 2.36. The van der Waals surface area contributed by atoms with Crippen LogP contribution < -0.4 is 10.2 Å². The van der Waals surface area contributed by atoms with Crippen LogP contribution in [-0.4, -0.2) is 30.2 Å². The van der Waals surface area contributed by atoms with Crippen molar-refractivity contribution < 1.29 is 14.7 Å². The summed E-state index contributed by atoms with van der Waals surface area (Å²) in [6.07, 6.45) is 4.39. The summed E-state index contributed by atoms with van der Waals surface area (Å²) in [6, 6.07) is 7.01. The Morgan fingerprint density at radius 3 is 2.76 bits per heavy atom. The Kier molecular flexibility index (Phi) is 5.20. The number of anilines is 1. The van der Waals surface area contributed by atoms with Gasteiger partial charge in [0.2, 0.25) is 0 Å². The van der Waals surface area contributed by atoms with Gasteiger partial charge in [0.15, 0.2) is 0 Å². The Morgan fingerprint density at radius 1 is 1.29 bits per heavy atom. The lowest BCUT2D eigenvalue weighted by atomic mass is 10.0. The summed E-state index contributed by atoms with van der Waals surface area (Å²) >= 11 is 0. The Labute approximate surface area is 125 Å². The van der Waals surface area contributed by atoms with Crippen LogP contribution in [0.3, 0.4) is 0 Å². The highest BCUT2D eigenvalue weighted by Gasteiger charge is 2.36. The van der Waals surface area contributed by atoms with Crippen molar-refractivity contribution in [2.75, 3.05) is 18.0 Å². The molecular formula is C16H22N2O3. The van der Waals surface area contributed by atoms with Crippen LogP contribution in [0.15, 0.2) is 24.3 Å². The van der Waals surface area contributed by atoms with Gasteiger partial charge in [-0.15, -0.1) is 0 Å². The second-order valence-electron chi connectivity index (χ2n) is 5.35. The van der Waals surface area contributed by atoms with E-state index in [1.54, 1.807) is 18.2 Å². The van der Waals surface area contributed by atoms with E-state index in [1.165, 1.54) is 11.3 Å². The molecule has 114 valence electrons. The Hall–Kier alpha value is -2.04. The lowest BCUT2D eigenvalue weighted by Gasteiger charge is -2.18. The summed E-state index contributed by atoms with van der Waals surface area (Å²) in [5, 5.41) is 12.2. The molecule has 2 amide bonds. The van der Waals surface area contributed by atoms with Crippen LogP contribution in [0, 0.1) is 0 Å². The molecular weight excluding hydrogens is 268 g/mol. The number of carboxylic acids is 1. The number of para-hydroxylation sites is 1. The Morgan fingerprint density at radius 2 is 2.05 bits per heavy atom. The quantitative estimate of drug-likeness (QED) is 0.791. The maximum atomic E-state index is 12.2. The first-order valence-corrected chi connectivity index (χ1v) is 7.52. The molecule has 0 spiro atoms. The maximum absolute atomic E-state index is 12.2. The van der Waals surface area contributed by atoms with Crippen molar-refractivity contribution in [3.8, 4) is 0 Å². The highest BCUT2D eigenvalue weighted by atomic mass is 16.4. The van der Waals surface area contributed by atoms with E-state index in [2.05, 4.69) is 12.2 Å². The normalized spacial score (nSPS) is 16.6. The predicted octanol–water partition coefficient (Wildman–Crippen LogP) is 2.96. The Bertz CT molecular complexity index is 516. The van der Waals surface area contributed by atoms with Crippen molar-refractivity contribution in [2.24, 2.45) is 0 Å². The summed E-state index contributed by atoms with van der Waals surface area (Å²) in [4.78, 5) is 25.1. The first kappa shape index (κ1) is 15.4. The van der Waals surface area contributed by atoms with Gasteiger partial charge in [-0.05, 0) is 18.1 Å². The summed E-state index contributed by atoms with van der Waals surface area (Å²) in [5.74, 6) is -1.52. The number of hydrogen-bond donors (Lipinski definition) is 2. The standard InChI is InChI=1S/C16H22N2O3/c1-2-3-4-7-10-17-16(21)18-11-13(15(19)20)12-8-5-6-9-14(12)18/h5-6,8-9,13H,2-4,7,10-11H2,1H3,(H,17,21)(H,19,20). The van der Waals surface area contributed by atoms with E-state index in [0.29, 0.717) is 17.8 Å². The second kappa shape index (κ2) is 7.11. The molecule has 5 nitrogen and oxygen atoms in total. The topological polar surface area (TPSA) is 69.6 Å². The molecule has 1 aromatic rings. The minimum absolute atomic E-state index is 0.204. The van der Waals surface area contributed by atoms with E-state index >= 15 is 0 Å². The number of urea groups is 1. The van der Waals surface area contributed by atoms with Gasteiger partial charge in [-0.25, -0.2) is 4.79 Å². The van der Waals surface area contributed by atoms with E-state index in [4.69, 9.17) is 0 Å². The minimum atomic E-state index is -0.888. The smallest absolute Gasteiger partial charge is 0.321 e. The minimum Gasteiger partial charge on any atom is -0.481 e. The second-order valence-corrected chi connectivity index (χ2v) is 5.35. The van der Waals surface area contributed by atoms with Crippen molar-refractivity contribution in [3.63, 3.8) is 0 Å². The molecule has 1 heterocycles. The third-order valence-corrected chi connectivity index (χ3v) is 3.82. The van der Waals surface area contributed by atoms with E-state index < -0.39 is 11.9 Å².